The van der Waals surface area contributed by atoms with Crippen LogP contribution in [0.1, 0.15) is 30.1 Å². The molecule has 0 bridgehead atoms. The standard InChI is InChI=1S/C17H17Br2NO2/c1-2-5-16(22-15-7-4-3-6-14(15)20)17(21)12-10-11(18)8-9-13(12)19/h3-4,6-10,16H,2,5,20H2,1H3. The molecule has 0 amide bonds. The van der Waals surface area contributed by atoms with Crippen molar-refractivity contribution in [1.82, 2.24) is 0 Å². The first kappa shape index (κ1) is 17.0. The summed E-state index contributed by atoms with van der Waals surface area (Å²) >= 11 is 6.83. The van der Waals surface area contributed by atoms with E-state index in [4.69, 9.17) is 10.5 Å². The molecule has 0 radical (unpaired) electrons. The molecule has 0 saturated heterocycles. The number of carbonyl (C=O) groups is 1. The molecule has 116 valence electrons. The fraction of sp³-hybridized carbons (Fsp3) is 0.235. The van der Waals surface area contributed by atoms with Crippen molar-refractivity contribution in [3.8, 4) is 5.75 Å². The number of benzene rings is 2. The second kappa shape index (κ2) is 7.79. The normalized spacial score (nSPS) is 12.0. The molecule has 0 saturated carbocycles. The van der Waals surface area contributed by atoms with Gasteiger partial charge in [0.2, 0.25) is 5.78 Å². The van der Waals surface area contributed by atoms with Crippen LogP contribution in [0.25, 0.3) is 0 Å². The quantitative estimate of drug-likeness (QED) is 0.508. The number of para-hydroxylation sites is 2. The molecule has 0 fully saturated rings. The number of anilines is 1. The van der Waals surface area contributed by atoms with Crippen molar-refractivity contribution in [3.05, 3.63) is 57.0 Å². The molecule has 1 unspecified atom stereocenters. The average molecular weight is 427 g/mol. The van der Waals surface area contributed by atoms with Gasteiger partial charge in [0.05, 0.1) is 5.69 Å². The first-order valence-corrected chi connectivity index (χ1v) is 8.62. The van der Waals surface area contributed by atoms with Crippen molar-refractivity contribution in [2.24, 2.45) is 0 Å². The Morgan fingerprint density at radius 1 is 1.23 bits per heavy atom. The third kappa shape index (κ3) is 4.11. The van der Waals surface area contributed by atoms with Crippen LogP contribution in [-0.2, 0) is 0 Å². The van der Waals surface area contributed by atoms with Gasteiger partial charge in [0, 0.05) is 14.5 Å². The molecule has 2 N–H and O–H groups in total. The molecule has 0 heterocycles. The maximum absolute atomic E-state index is 12.8. The molecular formula is C17H17Br2NO2. The van der Waals surface area contributed by atoms with Crippen molar-refractivity contribution >= 4 is 43.3 Å². The summed E-state index contributed by atoms with van der Waals surface area (Å²) in [5.74, 6) is 0.485. The van der Waals surface area contributed by atoms with E-state index in [0.717, 1.165) is 15.4 Å². The molecule has 0 aliphatic carbocycles. The van der Waals surface area contributed by atoms with Gasteiger partial charge in [-0.05, 0) is 36.8 Å². The molecule has 22 heavy (non-hydrogen) atoms. The van der Waals surface area contributed by atoms with Gasteiger partial charge in [-0.3, -0.25) is 4.79 Å². The van der Waals surface area contributed by atoms with Crippen molar-refractivity contribution in [2.45, 2.75) is 25.9 Å². The van der Waals surface area contributed by atoms with Crippen LogP contribution in [0.15, 0.2) is 51.4 Å². The SMILES string of the molecule is CCCC(Oc1ccccc1N)C(=O)c1cc(Br)ccc1Br. The van der Waals surface area contributed by atoms with Gasteiger partial charge in [-0.2, -0.15) is 0 Å². The average Bonchev–Trinajstić information content (AvgIpc) is 2.50. The van der Waals surface area contributed by atoms with Crippen LogP contribution in [0.3, 0.4) is 0 Å². The lowest BCUT2D eigenvalue weighted by atomic mass is 10.0. The second-order valence-corrected chi connectivity index (χ2v) is 6.69. The summed E-state index contributed by atoms with van der Waals surface area (Å²) in [5.41, 5.74) is 7.04. The fourth-order valence-corrected chi connectivity index (χ4v) is 2.91. The molecule has 0 spiro atoms. The number of Topliss-reactive ketones (excluding diaryl/α,β-unsaturated/α-hetero) is 1. The Balaban J connectivity index is 2.29. The predicted molar refractivity (Wildman–Crippen MR) is 96.4 cm³/mol. The highest BCUT2D eigenvalue weighted by Crippen LogP contribution is 2.27. The van der Waals surface area contributed by atoms with Crippen LogP contribution in [0.5, 0.6) is 5.75 Å². The number of carbonyl (C=O) groups excluding carboxylic acids is 1. The van der Waals surface area contributed by atoms with Crippen LogP contribution in [0.2, 0.25) is 0 Å². The Hall–Kier alpha value is -1.33. The summed E-state index contributed by atoms with van der Waals surface area (Å²) in [4.78, 5) is 12.8. The van der Waals surface area contributed by atoms with Gasteiger partial charge in [0.1, 0.15) is 5.75 Å². The first-order valence-electron chi connectivity index (χ1n) is 7.03. The number of ether oxygens (including phenoxy) is 1. The molecule has 0 aliphatic heterocycles. The number of halogens is 2. The van der Waals surface area contributed by atoms with Crippen LogP contribution in [-0.4, -0.2) is 11.9 Å². The Kier molecular flexibility index (Phi) is 6.03. The molecular weight excluding hydrogens is 410 g/mol. The minimum absolute atomic E-state index is 0.0571. The van der Waals surface area contributed by atoms with Crippen molar-refractivity contribution in [2.75, 3.05) is 5.73 Å². The lowest BCUT2D eigenvalue weighted by molar-refractivity contribution is 0.0778. The van der Waals surface area contributed by atoms with Crippen LogP contribution in [0, 0.1) is 0 Å². The van der Waals surface area contributed by atoms with Crippen molar-refractivity contribution < 1.29 is 9.53 Å². The zero-order chi connectivity index (χ0) is 16.1. The van der Waals surface area contributed by atoms with E-state index in [1.54, 1.807) is 18.2 Å². The molecule has 2 rings (SSSR count). The second-order valence-electron chi connectivity index (χ2n) is 4.92. The fourth-order valence-electron chi connectivity index (χ4n) is 2.11. The zero-order valence-corrected chi connectivity index (χ0v) is 15.4. The smallest absolute Gasteiger partial charge is 0.204 e. The van der Waals surface area contributed by atoms with Gasteiger partial charge in [0.25, 0.3) is 0 Å². The molecule has 3 nitrogen and oxygen atoms in total. The maximum Gasteiger partial charge on any atom is 0.204 e. The Morgan fingerprint density at radius 3 is 2.64 bits per heavy atom. The molecule has 2 aromatic rings. The largest absolute Gasteiger partial charge is 0.480 e. The van der Waals surface area contributed by atoms with Gasteiger partial charge < -0.3 is 10.5 Å². The highest BCUT2D eigenvalue weighted by Gasteiger charge is 2.24. The number of nitrogens with two attached hydrogens (primary N) is 1. The number of hydrogen-bond acceptors (Lipinski definition) is 3. The van der Waals surface area contributed by atoms with Gasteiger partial charge >= 0.3 is 0 Å². The number of ketones is 1. The lowest BCUT2D eigenvalue weighted by Crippen LogP contribution is -2.28. The van der Waals surface area contributed by atoms with Gasteiger partial charge in [0.15, 0.2) is 6.10 Å². The topological polar surface area (TPSA) is 52.3 Å². The van der Waals surface area contributed by atoms with Crippen LogP contribution < -0.4 is 10.5 Å². The van der Waals surface area contributed by atoms with E-state index in [0.29, 0.717) is 23.4 Å². The lowest BCUT2D eigenvalue weighted by Gasteiger charge is -2.19. The minimum Gasteiger partial charge on any atom is -0.480 e. The first-order chi connectivity index (χ1) is 10.5. The summed E-state index contributed by atoms with van der Waals surface area (Å²) in [6, 6.07) is 12.7. The monoisotopic (exact) mass is 425 g/mol. The molecule has 2 aromatic carbocycles. The highest BCUT2D eigenvalue weighted by molar-refractivity contribution is 9.11. The maximum atomic E-state index is 12.8. The van der Waals surface area contributed by atoms with E-state index in [9.17, 15) is 4.79 Å². The van der Waals surface area contributed by atoms with Crippen molar-refractivity contribution in [3.63, 3.8) is 0 Å². The highest BCUT2D eigenvalue weighted by atomic mass is 79.9. The molecule has 0 aromatic heterocycles. The van der Waals surface area contributed by atoms with Gasteiger partial charge in [-0.15, -0.1) is 0 Å². The molecule has 1 atom stereocenters. The van der Waals surface area contributed by atoms with E-state index in [1.165, 1.54) is 0 Å². The van der Waals surface area contributed by atoms with E-state index < -0.39 is 6.10 Å². The summed E-state index contributed by atoms with van der Waals surface area (Å²) in [7, 11) is 0. The van der Waals surface area contributed by atoms with Gasteiger partial charge in [-0.25, -0.2) is 0 Å². The van der Waals surface area contributed by atoms with Crippen molar-refractivity contribution in [1.29, 1.82) is 0 Å². The Labute approximate surface area is 147 Å². The Bertz CT molecular complexity index is 673. The summed E-state index contributed by atoms with van der Waals surface area (Å²) in [6.07, 6.45) is 0.918. The van der Waals surface area contributed by atoms with E-state index >= 15 is 0 Å². The van der Waals surface area contributed by atoms with E-state index in [-0.39, 0.29) is 5.78 Å². The minimum atomic E-state index is -0.555. The third-order valence-electron chi connectivity index (χ3n) is 3.23. The van der Waals surface area contributed by atoms with E-state index in [1.807, 2.05) is 31.2 Å². The molecule has 0 aliphatic rings. The third-order valence-corrected chi connectivity index (χ3v) is 4.41. The Morgan fingerprint density at radius 2 is 1.95 bits per heavy atom. The number of hydrogen-bond donors (Lipinski definition) is 1. The number of rotatable bonds is 6. The van der Waals surface area contributed by atoms with Gasteiger partial charge in [-0.1, -0.05) is 57.3 Å². The molecule has 5 heteroatoms. The number of nitrogen functional groups attached to an aromatic ring is 1. The zero-order valence-electron chi connectivity index (χ0n) is 12.2. The van der Waals surface area contributed by atoms with Crippen LogP contribution >= 0.6 is 31.9 Å². The summed E-state index contributed by atoms with van der Waals surface area (Å²) < 4.78 is 7.50. The van der Waals surface area contributed by atoms with Crippen LogP contribution in [0.4, 0.5) is 5.69 Å². The predicted octanol–water partition coefficient (Wildman–Crippen LogP) is 5.22. The van der Waals surface area contributed by atoms with E-state index in [2.05, 4.69) is 31.9 Å². The summed E-state index contributed by atoms with van der Waals surface area (Å²) in [5, 5.41) is 0. The summed E-state index contributed by atoms with van der Waals surface area (Å²) in [6.45, 7) is 2.02.